The molecule has 1 atom stereocenters. The predicted octanol–water partition coefficient (Wildman–Crippen LogP) is 2.94. The van der Waals surface area contributed by atoms with Crippen LogP contribution in [0.15, 0.2) is 28.9 Å². The monoisotopic (exact) mass is 356 g/mol. The van der Waals surface area contributed by atoms with Crippen LogP contribution in [0, 0.1) is 0 Å². The first-order valence-corrected chi connectivity index (χ1v) is 8.20. The number of rotatable bonds is 6. The highest BCUT2D eigenvalue weighted by Gasteiger charge is 2.33. The number of anilines is 1. The number of carbonyl (C=O) groups excluding carboxylic acids is 1. The molecule has 0 spiro atoms. The molecule has 2 aromatic rings. The second kappa shape index (κ2) is 6.40. The number of hydrogen-bond donors (Lipinski definition) is 1. The molecule has 23 heavy (non-hydrogen) atoms. The van der Waals surface area contributed by atoms with Gasteiger partial charge in [-0.2, -0.15) is 4.21 Å². The molecule has 1 N–H and O–H groups in total. The summed E-state index contributed by atoms with van der Waals surface area (Å²) in [5, 5.41) is 5.00. The lowest BCUT2D eigenvalue weighted by Gasteiger charge is -2.16. The second-order valence-electron chi connectivity index (χ2n) is 5.16. The van der Waals surface area contributed by atoms with Gasteiger partial charge in [-0.25, -0.2) is 5.06 Å². The molecule has 1 aromatic carbocycles. The van der Waals surface area contributed by atoms with Crippen molar-refractivity contribution in [1.82, 2.24) is 5.16 Å². The molecular formula is C14H13ClN2O5S. The summed E-state index contributed by atoms with van der Waals surface area (Å²) in [5.74, 6) is 0.596. The topological polar surface area (TPSA) is 92.9 Å². The number of ketones is 1. The van der Waals surface area contributed by atoms with Gasteiger partial charge in [0.15, 0.2) is 11.5 Å². The number of nitrogens with zero attached hydrogens (tertiary/aromatic N) is 2. The van der Waals surface area contributed by atoms with E-state index in [0.29, 0.717) is 22.6 Å². The summed E-state index contributed by atoms with van der Waals surface area (Å²) in [6, 6.07) is 4.58. The van der Waals surface area contributed by atoms with Gasteiger partial charge in [-0.05, 0) is 31.0 Å². The molecule has 1 heterocycles. The van der Waals surface area contributed by atoms with E-state index >= 15 is 0 Å². The van der Waals surface area contributed by atoms with Gasteiger partial charge in [-0.1, -0.05) is 16.8 Å². The summed E-state index contributed by atoms with van der Waals surface area (Å²) in [5.41, 5.74) is 1.16. The van der Waals surface area contributed by atoms with E-state index in [2.05, 4.69) is 9.44 Å². The highest BCUT2D eigenvalue weighted by atomic mass is 35.5. The average Bonchev–Trinajstić information content (AvgIpc) is 3.23. The zero-order chi connectivity index (χ0) is 16.6. The van der Waals surface area contributed by atoms with Gasteiger partial charge < -0.3 is 4.52 Å². The van der Waals surface area contributed by atoms with Crippen molar-refractivity contribution in [2.75, 3.05) is 12.1 Å². The van der Waals surface area contributed by atoms with Crippen LogP contribution >= 0.6 is 11.6 Å². The minimum atomic E-state index is -2.45. The Balaban J connectivity index is 1.86. The standard InChI is InChI=1S/C14H13ClN2O5S/c1-17(22-23(19)20)9-4-5-10(12(15)6-9)13(18)11-7-16-21-14(11)8-2-3-8/h4-8H,2-3H2,1H3,(H,19,20). The fourth-order valence-electron chi connectivity index (χ4n) is 2.23. The number of hydrogen-bond acceptors (Lipinski definition) is 6. The molecular weight excluding hydrogens is 344 g/mol. The Bertz CT molecular complexity index is 774. The first-order chi connectivity index (χ1) is 11.0. The molecule has 1 fully saturated rings. The molecule has 0 aliphatic heterocycles. The van der Waals surface area contributed by atoms with Crippen molar-refractivity contribution in [3.8, 4) is 0 Å². The molecule has 3 rings (SSSR count). The van der Waals surface area contributed by atoms with E-state index in [0.717, 1.165) is 17.9 Å². The van der Waals surface area contributed by atoms with Crippen LogP contribution < -0.4 is 5.06 Å². The van der Waals surface area contributed by atoms with Crippen LogP contribution in [0.25, 0.3) is 0 Å². The van der Waals surface area contributed by atoms with Crippen LogP contribution in [0.3, 0.4) is 0 Å². The summed E-state index contributed by atoms with van der Waals surface area (Å²) in [6.45, 7) is 0. The van der Waals surface area contributed by atoms with Crippen LogP contribution in [0.2, 0.25) is 5.02 Å². The van der Waals surface area contributed by atoms with Gasteiger partial charge in [-0.15, -0.1) is 4.28 Å². The molecule has 0 radical (unpaired) electrons. The zero-order valence-corrected chi connectivity index (χ0v) is 13.6. The van der Waals surface area contributed by atoms with Gasteiger partial charge in [0.05, 0.1) is 22.5 Å². The van der Waals surface area contributed by atoms with E-state index < -0.39 is 11.4 Å². The van der Waals surface area contributed by atoms with Gasteiger partial charge in [-0.3, -0.25) is 9.35 Å². The average molecular weight is 357 g/mol. The van der Waals surface area contributed by atoms with E-state index in [-0.39, 0.29) is 16.7 Å². The van der Waals surface area contributed by atoms with Gasteiger partial charge >= 0.3 is 11.4 Å². The van der Waals surface area contributed by atoms with Crippen LogP contribution in [0.5, 0.6) is 0 Å². The van der Waals surface area contributed by atoms with E-state index in [9.17, 15) is 9.00 Å². The van der Waals surface area contributed by atoms with E-state index in [1.54, 1.807) is 6.07 Å². The van der Waals surface area contributed by atoms with Crippen LogP contribution in [0.1, 0.15) is 40.4 Å². The molecule has 7 nitrogen and oxygen atoms in total. The molecule has 0 amide bonds. The van der Waals surface area contributed by atoms with Gasteiger partial charge in [0.2, 0.25) is 0 Å². The lowest BCUT2D eigenvalue weighted by Crippen LogP contribution is -2.19. The second-order valence-corrected chi connectivity index (χ2v) is 6.15. The van der Waals surface area contributed by atoms with Gasteiger partial charge in [0.1, 0.15) is 0 Å². The van der Waals surface area contributed by atoms with Crippen LogP contribution in [0.4, 0.5) is 5.69 Å². The Morgan fingerprint density at radius 2 is 2.22 bits per heavy atom. The normalized spacial score (nSPS) is 15.4. The molecule has 122 valence electrons. The third-order valence-corrected chi connectivity index (χ3v) is 4.19. The molecule has 1 aliphatic carbocycles. The van der Waals surface area contributed by atoms with Crippen LogP contribution in [-0.4, -0.2) is 26.7 Å². The van der Waals surface area contributed by atoms with Crippen molar-refractivity contribution >= 4 is 34.4 Å². The highest BCUT2D eigenvalue weighted by molar-refractivity contribution is 7.74. The Labute approximate surface area is 139 Å². The maximum absolute atomic E-state index is 12.6. The number of aromatic nitrogens is 1. The Morgan fingerprint density at radius 1 is 1.48 bits per heavy atom. The third kappa shape index (κ3) is 3.45. The SMILES string of the molecule is CN(OS(=O)O)c1ccc(C(=O)c2cnoc2C2CC2)c(Cl)c1. The van der Waals surface area contributed by atoms with Crippen molar-refractivity contribution in [1.29, 1.82) is 0 Å². The van der Waals surface area contributed by atoms with Crippen molar-refractivity contribution in [3.05, 3.63) is 46.3 Å². The number of benzene rings is 1. The molecule has 1 unspecified atom stereocenters. The van der Waals surface area contributed by atoms with Crippen molar-refractivity contribution < 1.29 is 22.4 Å². The first-order valence-electron chi connectivity index (χ1n) is 6.79. The lowest BCUT2D eigenvalue weighted by molar-refractivity contribution is 0.103. The molecule has 1 aliphatic rings. The molecule has 0 saturated heterocycles. The Hall–Kier alpha value is -1.74. The molecule has 1 saturated carbocycles. The number of carbonyl (C=O) groups is 1. The van der Waals surface area contributed by atoms with Crippen LogP contribution in [-0.2, 0) is 15.6 Å². The summed E-state index contributed by atoms with van der Waals surface area (Å²) in [6.07, 6.45) is 3.38. The third-order valence-electron chi connectivity index (χ3n) is 3.53. The quantitative estimate of drug-likeness (QED) is 0.483. The van der Waals surface area contributed by atoms with Gasteiger partial charge in [0.25, 0.3) is 0 Å². The minimum Gasteiger partial charge on any atom is -0.360 e. The van der Waals surface area contributed by atoms with Crippen molar-refractivity contribution in [3.63, 3.8) is 0 Å². The molecule has 0 bridgehead atoms. The molecule has 9 heteroatoms. The van der Waals surface area contributed by atoms with Gasteiger partial charge in [0, 0.05) is 18.5 Å². The number of hydroxylamine groups is 1. The minimum absolute atomic E-state index is 0.203. The first kappa shape index (κ1) is 16.1. The fourth-order valence-corrected chi connectivity index (χ4v) is 2.76. The Morgan fingerprint density at radius 3 is 2.83 bits per heavy atom. The van der Waals surface area contributed by atoms with E-state index in [1.165, 1.54) is 25.4 Å². The predicted molar refractivity (Wildman–Crippen MR) is 83.6 cm³/mol. The lowest BCUT2D eigenvalue weighted by atomic mass is 10.0. The summed E-state index contributed by atoms with van der Waals surface area (Å²) in [4.78, 5) is 12.6. The summed E-state index contributed by atoms with van der Waals surface area (Å²) >= 11 is 3.73. The molecule has 1 aromatic heterocycles. The zero-order valence-electron chi connectivity index (χ0n) is 12.1. The van der Waals surface area contributed by atoms with E-state index in [4.69, 9.17) is 20.7 Å². The largest absolute Gasteiger partial charge is 0.360 e. The summed E-state index contributed by atoms with van der Waals surface area (Å²) < 4.78 is 29.2. The number of halogens is 1. The Kier molecular flexibility index (Phi) is 4.49. The van der Waals surface area contributed by atoms with Crippen molar-refractivity contribution in [2.45, 2.75) is 18.8 Å². The highest BCUT2D eigenvalue weighted by Crippen LogP contribution is 2.42. The smallest absolute Gasteiger partial charge is 0.325 e. The summed E-state index contributed by atoms with van der Waals surface area (Å²) in [7, 11) is 1.45. The van der Waals surface area contributed by atoms with Crippen molar-refractivity contribution in [2.24, 2.45) is 0 Å². The fraction of sp³-hybridized carbons (Fsp3) is 0.286. The maximum Gasteiger partial charge on any atom is 0.325 e. The van der Waals surface area contributed by atoms with E-state index in [1.807, 2.05) is 0 Å². The maximum atomic E-state index is 12.6.